The highest BCUT2D eigenvalue weighted by Crippen LogP contribution is 2.11. The van der Waals surface area contributed by atoms with Gasteiger partial charge in [-0.1, -0.05) is 23.8 Å². The van der Waals surface area contributed by atoms with Gasteiger partial charge in [0.25, 0.3) is 0 Å². The van der Waals surface area contributed by atoms with Crippen LogP contribution >= 0.6 is 11.3 Å². The molecule has 2 rings (SSSR count). The Balaban J connectivity index is 2.15. The van der Waals surface area contributed by atoms with E-state index < -0.39 is 0 Å². The summed E-state index contributed by atoms with van der Waals surface area (Å²) in [5.74, 6) is 0.133. The van der Waals surface area contributed by atoms with Crippen molar-refractivity contribution in [1.29, 1.82) is 0 Å². The van der Waals surface area contributed by atoms with E-state index in [1.807, 2.05) is 36.6 Å². The number of carbonyl (C=O) groups is 1. The van der Waals surface area contributed by atoms with E-state index in [2.05, 4.69) is 4.98 Å². The van der Waals surface area contributed by atoms with E-state index in [-0.39, 0.29) is 5.78 Å². The second-order valence-electron chi connectivity index (χ2n) is 3.40. The van der Waals surface area contributed by atoms with E-state index in [0.717, 1.165) is 16.1 Å². The third-order valence-corrected chi connectivity index (χ3v) is 2.91. The summed E-state index contributed by atoms with van der Waals surface area (Å²) in [5, 5.41) is 2.76. The fourth-order valence-corrected chi connectivity index (χ4v) is 2.01. The van der Waals surface area contributed by atoms with E-state index >= 15 is 0 Å². The van der Waals surface area contributed by atoms with E-state index in [9.17, 15) is 4.79 Å². The van der Waals surface area contributed by atoms with Gasteiger partial charge < -0.3 is 0 Å². The van der Waals surface area contributed by atoms with E-state index in [0.29, 0.717) is 6.42 Å². The van der Waals surface area contributed by atoms with Gasteiger partial charge in [0.1, 0.15) is 5.01 Å². The second-order valence-corrected chi connectivity index (χ2v) is 4.37. The monoisotopic (exact) mass is 217 g/mol. The van der Waals surface area contributed by atoms with Crippen LogP contribution in [-0.2, 0) is 6.42 Å². The molecule has 0 saturated heterocycles. The summed E-state index contributed by atoms with van der Waals surface area (Å²) < 4.78 is 0. The number of thiazole rings is 1. The third kappa shape index (κ3) is 2.50. The lowest BCUT2D eigenvalue weighted by Crippen LogP contribution is -2.03. The largest absolute Gasteiger partial charge is 0.294 e. The molecular formula is C12H11NOS. The van der Waals surface area contributed by atoms with Crippen LogP contribution in [0.1, 0.15) is 20.9 Å². The summed E-state index contributed by atoms with van der Waals surface area (Å²) in [4.78, 5) is 15.9. The zero-order valence-electron chi connectivity index (χ0n) is 8.43. The molecule has 0 unspecified atom stereocenters. The molecule has 0 aliphatic heterocycles. The average Bonchev–Trinajstić information content (AvgIpc) is 2.70. The van der Waals surface area contributed by atoms with Crippen molar-refractivity contribution in [3.05, 3.63) is 52.0 Å². The van der Waals surface area contributed by atoms with Crippen molar-refractivity contribution in [3.63, 3.8) is 0 Å². The van der Waals surface area contributed by atoms with Crippen LogP contribution in [0.25, 0.3) is 0 Å². The second kappa shape index (κ2) is 4.36. The predicted octanol–water partition coefficient (Wildman–Crippen LogP) is 2.88. The minimum Gasteiger partial charge on any atom is -0.294 e. The smallest absolute Gasteiger partial charge is 0.169 e. The molecule has 76 valence electrons. The SMILES string of the molecule is Cc1cccc(C(=O)Cc2nccs2)c1. The number of aryl methyl sites for hydroxylation is 1. The summed E-state index contributed by atoms with van der Waals surface area (Å²) in [6.07, 6.45) is 2.13. The van der Waals surface area contributed by atoms with Crippen molar-refractivity contribution in [2.45, 2.75) is 13.3 Å². The van der Waals surface area contributed by atoms with Gasteiger partial charge in [-0.05, 0) is 13.0 Å². The van der Waals surface area contributed by atoms with Gasteiger partial charge >= 0.3 is 0 Å². The van der Waals surface area contributed by atoms with Crippen LogP contribution in [0, 0.1) is 6.92 Å². The van der Waals surface area contributed by atoms with E-state index in [4.69, 9.17) is 0 Å². The minimum absolute atomic E-state index is 0.133. The van der Waals surface area contributed by atoms with Crippen molar-refractivity contribution in [2.75, 3.05) is 0 Å². The highest BCUT2D eigenvalue weighted by Gasteiger charge is 2.08. The van der Waals surface area contributed by atoms with Crippen molar-refractivity contribution in [3.8, 4) is 0 Å². The Bertz CT molecular complexity index is 462. The molecule has 0 saturated carbocycles. The summed E-state index contributed by atoms with van der Waals surface area (Å²) in [6, 6.07) is 7.66. The number of nitrogens with zero attached hydrogens (tertiary/aromatic N) is 1. The van der Waals surface area contributed by atoms with Crippen molar-refractivity contribution >= 4 is 17.1 Å². The van der Waals surface area contributed by atoms with E-state index in [1.54, 1.807) is 6.20 Å². The topological polar surface area (TPSA) is 30.0 Å². The number of carbonyl (C=O) groups excluding carboxylic acids is 1. The molecule has 0 radical (unpaired) electrons. The molecular weight excluding hydrogens is 206 g/mol. The first-order valence-corrected chi connectivity index (χ1v) is 5.62. The zero-order chi connectivity index (χ0) is 10.7. The fraction of sp³-hybridized carbons (Fsp3) is 0.167. The highest BCUT2D eigenvalue weighted by atomic mass is 32.1. The predicted molar refractivity (Wildman–Crippen MR) is 61.3 cm³/mol. The van der Waals surface area contributed by atoms with Gasteiger partial charge in [-0.15, -0.1) is 11.3 Å². The lowest BCUT2D eigenvalue weighted by molar-refractivity contribution is 0.0993. The molecule has 0 spiro atoms. The number of aromatic nitrogens is 1. The average molecular weight is 217 g/mol. The number of Topliss-reactive ketones (excluding diaryl/α,β-unsaturated/α-hetero) is 1. The first-order chi connectivity index (χ1) is 7.25. The molecule has 0 bridgehead atoms. The summed E-state index contributed by atoms with van der Waals surface area (Å²) >= 11 is 1.52. The van der Waals surface area contributed by atoms with Gasteiger partial charge in [-0.25, -0.2) is 4.98 Å². The lowest BCUT2D eigenvalue weighted by atomic mass is 10.1. The van der Waals surface area contributed by atoms with Crippen LogP contribution in [0.15, 0.2) is 35.8 Å². The highest BCUT2D eigenvalue weighted by molar-refractivity contribution is 7.09. The maximum absolute atomic E-state index is 11.8. The number of rotatable bonds is 3. The third-order valence-electron chi connectivity index (χ3n) is 2.14. The fourth-order valence-electron chi connectivity index (χ4n) is 1.40. The molecule has 15 heavy (non-hydrogen) atoms. The van der Waals surface area contributed by atoms with E-state index in [1.165, 1.54) is 11.3 Å². The van der Waals surface area contributed by atoms with Crippen LogP contribution in [0.4, 0.5) is 0 Å². The van der Waals surface area contributed by atoms with Gasteiger partial charge in [-0.2, -0.15) is 0 Å². The molecule has 0 atom stereocenters. The molecule has 1 aromatic heterocycles. The zero-order valence-corrected chi connectivity index (χ0v) is 9.25. The summed E-state index contributed by atoms with van der Waals surface area (Å²) in [5.41, 5.74) is 1.88. The maximum atomic E-state index is 11.8. The molecule has 0 aliphatic carbocycles. The normalized spacial score (nSPS) is 10.2. The molecule has 1 aromatic carbocycles. The number of hydrogen-bond donors (Lipinski definition) is 0. The first-order valence-electron chi connectivity index (χ1n) is 4.74. The van der Waals surface area contributed by atoms with Gasteiger partial charge in [0, 0.05) is 17.1 Å². The van der Waals surface area contributed by atoms with Gasteiger partial charge in [-0.3, -0.25) is 4.79 Å². The summed E-state index contributed by atoms with van der Waals surface area (Å²) in [6.45, 7) is 1.99. The Kier molecular flexibility index (Phi) is 2.92. The van der Waals surface area contributed by atoms with Crippen LogP contribution in [-0.4, -0.2) is 10.8 Å². The molecule has 2 aromatic rings. The van der Waals surface area contributed by atoms with Gasteiger partial charge in [0.15, 0.2) is 5.78 Å². The lowest BCUT2D eigenvalue weighted by Gasteiger charge is -1.99. The standard InChI is InChI=1S/C12H11NOS/c1-9-3-2-4-10(7-9)11(14)8-12-13-5-6-15-12/h2-7H,8H2,1H3. The quantitative estimate of drug-likeness (QED) is 0.740. The maximum Gasteiger partial charge on any atom is 0.169 e. The number of ketones is 1. The Labute approximate surface area is 92.6 Å². The Morgan fingerprint density at radius 1 is 1.47 bits per heavy atom. The van der Waals surface area contributed by atoms with Crippen molar-refractivity contribution in [2.24, 2.45) is 0 Å². The Morgan fingerprint density at radius 2 is 2.33 bits per heavy atom. The van der Waals surface area contributed by atoms with Crippen LogP contribution in [0.5, 0.6) is 0 Å². The van der Waals surface area contributed by atoms with Gasteiger partial charge in [0.05, 0.1) is 6.42 Å². The number of benzene rings is 1. The first kappa shape index (κ1) is 10.1. The minimum atomic E-state index is 0.133. The van der Waals surface area contributed by atoms with Crippen LogP contribution in [0.2, 0.25) is 0 Å². The Hall–Kier alpha value is -1.48. The van der Waals surface area contributed by atoms with Crippen molar-refractivity contribution < 1.29 is 4.79 Å². The van der Waals surface area contributed by atoms with Crippen LogP contribution < -0.4 is 0 Å². The summed E-state index contributed by atoms with van der Waals surface area (Å²) in [7, 11) is 0. The molecule has 0 fully saturated rings. The van der Waals surface area contributed by atoms with Gasteiger partial charge in [0.2, 0.25) is 0 Å². The molecule has 0 N–H and O–H groups in total. The van der Waals surface area contributed by atoms with Crippen molar-refractivity contribution in [1.82, 2.24) is 4.98 Å². The molecule has 1 heterocycles. The number of hydrogen-bond acceptors (Lipinski definition) is 3. The molecule has 0 aliphatic rings. The molecule has 0 amide bonds. The van der Waals surface area contributed by atoms with Crippen LogP contribution in [0.3, 0.4) is 0 Å². The Morgan fingerprint density at radius 3 is 3.00 bits per heavy atom. The molecule has 2 nitrogen and oxygen atoms in total. The molecule has 3 heteroatoms.